The van der Waals surface area contributed by atoms with Crippen LogP contribution >= 0.6 is 0 Å². The molecule has 6 rings (SSSR count). The maximum absolute atomic E-state index is 13.9. The summed E-state index contributed by atoms with van der Waals surface area (Å²) in [5.74, 6) is -22.4. The second kappa shape index (κ2) is 15.3. The van der Waals surface area contributed by atoms with Crippen LogP contribution < -0.4 is 4.74 Å². The van der Waals surface area contributed by atoms with Gasteiger partial charge in [0.2, 0.25) is 23.9 Å². The van der Waals surface area contributed by atoms with Crippen LogP contribution in [0.1, 0.15) is 45.7 Å². The number of fused-ring (bicyclic) bond motifs is 4. The van der Waals surface area contributed by atoms with E-state index in [4.69, 9.17) is 28.6 Å². The van der Waals surface area contributed by atoms with Gasteiger partial charge in [-0.1, -0.05) is 0 Å². The van der Waals surface area contributed by atoms with Gasteiger partial charge in [0.15, 0.2) is 63.6 Å². The highest BCUT2D eigenvalue weighted by atomic mass is 17.1. The minimum absolute atomic E-state index is 0.591. The summed E-state index contributed by atoms with van der Waals surface area (Å²) >= 11 is 0. The summed E-state index contributed by atoms with van der Waals surface area (Å²) in [6.07, 6.45) is -12.2. The molecule has 4 aromatic rings. The number of carbonyl (C=O) groups excluding carboxylic acids is 4. The number of ether oxygens (including phenoxy) is 5. The van der Waals surface area contributed by atoms with Crippen molar-refractivity contribution < 1.29 is 114 Å². The molecule has 1 saturated heterocycles. The Morgan fingerprint density at radius 3 is 1.54 bits per heavy atom. The Labute approximate surface area is 327 Å². The lowest BCUT2D eigenvalue weighted by Crippen LogP contribution is -2.60. The van der Waals surface area contributed by atoms with Crippen LogP contribution in [0.15, 0.2) is 36.4 Å². The highest BCUT2D eigenvalue weighted by Gasteiger charge is 2.57. The number of esters is 4. The molecular formula is C36H30O23. The zero-order chi connectivity index (χ0) is 43.4. The lowest BCUT2D eigenvalue weighted by molar-refractivity contribution is -0.339. The molecule has 59 heavy (non-hydrogen) atoms. The summed E-state index contributed by atoms with van der Waals surface area (Å²) in [5.41, 5.74) is -3.97. The maximum atomic E-state index is 13.9. The molecule has 0 aromatic heterocycles. The van der Waals surface area contributed by atoms with Gasteiger partial charge in [-0.05, 0) is 30.3 Å². The molecule has 2 aliphatic heterocycles. The van der Waals surface area contributed by atoms with E-state index < -0.39 is 169 Å². The first-order chi connectivity index (χ1) is 27.7. The Morgan fingerprint density at radius 1 is 0.593 bits per heavy atom. The van der Waals surface area contributed by atoms with E-state index in [1.807, 2.05) is 0 Å². The molecule has 23 nitrogen and oxygen atoms in total. The van der Waals surface area contributed by atoms with Crippen molar-refractivity contribution in [3.8, 4) is 85.9 Å². The van der Waals surface area contributed by atoms with E-state index in [1.54, 1.807) is 0 Å². The van der Waals surface area contributed by atoms with Gasteiger partial charge >= 0.3 is 23.9 Å². The fourth-order valence-corrected chi connectivity index (χ4v) is 6.59. The van der Waals surface area contributed by atoms with Crippen molar-refractivity contribution in [2.45, 2.75) is 44.1 Å². The van der Waals surface area contributed by atoms with E-state index in [0.717, 1.165) is 6.92 Å². The lowest BCUT2D eigenvalue weighted by atomic mass is 9.77. The van der Waals surface area contributed by atoms with E-state index >= 15 is 0 Å². The van der Waals surface area contributed by atoms with Crippen LogP contribution in [0.2, 0.25) is 0 Å². The van der Waals surface area contributed by atoms with Crippen LogP contribution in [0.3, 0.4) is 0 Å². The molecule has 23 heteroatoms. The summed E-state index contributed by atoms with van der Waals surface area (Å²) in [5, 5.41) is 135. The minimum Gasteiger partial charge on any atom is -0.504 e. The fraction of sp³-hybridized carbons (Fsp3) is 0.222. The summed E-state index contributed by atoms with van der Waals surface area (Å²) < 4.78 is 27.8. The topological polar surface area (TPSA) is 387 Å². The third-order valence-electron chi connectivity index (χ3n) is 9.20. The smallest absolute Gasteiger partial charge is 0.339 e. The van der Waals surface area contributed by atoms with Crippen molar-refractivity contribution in [2.24, 2.45) is 5.92 Å². The van der Waals surface area contributed by atoms with Crippen molar-refractivity contribution in [3.63, 3.8) is 0 Å². The molecule has 312 valence electrons. The quantitative estimate of drug-likeness (QED) is 0.0330. The predicted molar refractivity (Wildman–Crippen MR) is 184 cm³/mol. The van der Waals surface area contributed by atoms with Crippen LogP contribution in [-0.2, 0) is 33.4 Å². The average Bonchev–Trinajstić information content (AvgIpc) is 3.16. The zero-order valence-corrected chi connectivity index (χ0v) is 29.5. The van der Waals surface area contributed by atoms with Crippen molar-refractivity contribution >= 4 is 23.9 Å². The molecule has 2 heterocycles. The van der Waals surface area contributed by atoms with Gasteiger partial charge in [0.05, 0.1) is 35.1 Å². The molecule has 13 N–H and O–H groups in total. The molecule has 0 saturated carbocycles. The fourth-order valence-electron chi connectivity index (χ4n) is 6.59. The number of carbonyl (C=O) groups is 4. The second-order valence-electron chi connectivity index (χ2n) is 12.9. The van der Waals surface area contributed by atoms with Gasteiger partial charge in [-0.2, -0.15) is 0 Å². The Kier molecular flexibility index (Phi) is 10.6. The third kappa shape index (κ3) is 7.34. The maximum Gasteiger partial charge on any atom is 0.339 e. The summed E-state index contributed by atoms with van der Waals surface area (Å²) in [7, 11) is 0. The van der Waals surface area contributed by atoms with E-state index in [9.17, 15) is 85.7 Å². The Morgan fingerprint density at radius 2 is 1.05 bits per heavy atom. The Hall–Kier alpha value is -7.76. The molecular weight excluding hydrogens is 800 g/mol. The number of hydrogen-bond donors (Lipinski definition) is 13. The monoisotopic (exact) mass is 830 g/mol. The van der Waals surface area contributed by atoms with Gasteiger partial charge in [0, 0.05) is 24.1 Å². The second-order valence-corrected chi connectivity index (χ2v) is 12.9. The highest BCUT2D eigenvalue weighted by Crippen LogP contribution is 2.58. The molecule has 0 spiro atoms. The SMILES string of the molecule is CC(=O)OC1OC2CC(=O)Oc3cc(O)c(O)c(O)c3-c3c(cc(O)c(O)c3O)C(OO)C2C(OC(=O)c2cc(O)c(O)c(O)c2)C1OC(=O)c1cc(O)c(O)c(O)c1. The Bertz CT molecular complexity index is 2360. The first-order valence-electron chi connectivity index (χ1n) is 16.5. The predicted octanol–water partition coefficient (Wildman–Crippen LogP) is 2.02. The van der Waals surface area contributed by atoms with Crippen LogP contribution in [-0.4, -0.2) is 115 Å². The van der Waals surface area contributed by atoms with Gasteiger partial charge in [0.1, 0.15) is 11.9 Å². The largest absolute Gasteiger partial charge is 0.504 e. The summed E-state index contributed by atoms with van der Waals surface area (Å²) in [6, 6.07) is 3.61. The van der Waals surface area contributed by atoms with E-state index in [1.165, 1.54) is 0 Å². The van der Waals surface area contributed by atoms with Gasteiger partial charge in [0.25, 0.3) is 0 Å². The number of phenols is 12. The van der Waals surface area contributed by atoms with Gasteiger partial charge < -0.3 is 85.0 Å². The lowest BCUT2D eigenvalue weighted by Gasteiger charge is -2.46. The summed E-state index contributed by atoms with van der Waals surface area (Å²) in [6.45, 7) is 0.841. The highest BCUT2D eigenvalue weighted by molar-refractivity contribution is 5.93. The van der Waals surface area contributed by atoms with Crippen LogP contribution in [0.5, 0.6) is 74.7 Å². The van der Waals surface area contributed by atoms with E-state index in [-0.39, 0.29) is 0 Å². The molecule has 1 fully saturated rings. The molecule has 0 amide bonds. The Balaban J connectivity index is 1.63. The zero-order valence-electron chi connectivity index (χ0n) is 29.5. The average molecular weight is 831 g/mol. The van der Waals surface area contributed by atoms with Crippen LogP contribution in [0.4, 0.5) is 0 Å². The van der Waals surface area contributed by atoms with Gasteiger partial charge in [-0.3, -0.25) is 14.8 Å². The standard InChI is InChI=1S/C36H30O23/c1-9(37)54-36-33(58-35(52)11-4-15(40)26(46)16(41)5-11)32(57-34(51)10-2-13(38)25(45)14(39)3-10)24-20(56-36)8-21(44)55-19-7-18(43)28(48)30(50)23(19)22-12(31(24)59-53)6-17(42)27(47)29(22)49/h2-7,20,24,31-33,36,38-43,45-50,53H,8H2,1H3. The van der Waals surface area contributed by atoms with Crippen molar-refractivity contribution in [3.05, 3.63) is 53.1 Å². The number of benzene rings is 4. The molecule has 0 aliphatic carbocycles. The number of phenolic OH excluding ortho intramolecular Hbond substituents is 12. The van der Waals surface area contributed by atoms with Gasteiger partial charge in [-0.15, -0.1) is 0 Å². The van der Waals surface area contributed by atoms with Crippen molar-refractivity contribution in [2.75, 3.05) is 0 Å². The number of aromatic hydroxyl groups is 12. The number of rotatable bonds is 6. The molecule has 2 aliphatic rings. The van der Waals surface area contributed by atoms with Crippen LogP contribution in [0, 0.1) is 5.92 Å². The molecule has 4 aromatic carbocycles. The van der Waals surface area contributed by atoms with E-state index in [2.05, 4.69) is 0 Å². The normalized spacial score (nSPS) is 21.2. The van der Waals surface area contributed by atoms with E-state index in [0.29, 0.717) is 36.4 Å². The summed E-state index contributed by atoms with van der Waals surface area (Å²) in [4.78, 5) is 58.4. The van der Waals surface area contributed by atoms with Crippen molar-refractivity contribution in [1.29, 1.82) is 0 Å². The molecule has 0 radical (unpaired) electrons. The van der Waals surface area contributed by atoms with Crippen LogP contribution in [0.25, 0.3) is 11.1 Å². The third-order valence-corrected chi connectivity index (χ3v) is 9.20. The molecule has 6 unspecified atom stereocenters. The first kappa shape index (κ1) is 40.9. The minimum atomic E-state index is -2.32. The van der Waals surface area contributed by atoms with Gasteiger partial charge in [-0.25, -0.2) is 14.5 Å². The van der Waals surface area contributed by atoms with Crippen molar-refractivity contribution in [1.82, 2.24) is 0 Å². The molecule has 6 atom stereocenters. The number of hydrogen-bond acceptors (Lipinski definition) is 23. The molecule has 0 bridgehead atoms. The first-order valence-corrected chi connectivity index (χ1v) is 16.5.